The second kappa shape index (κ2) is 9.96. The SMILES string of the molecule is CCOC(=O)CN(C(=O)COC(=O)c1ccc(OC)cc1O)c1ccccc1. The number of para-hydroxylation sites is 1. The molecule has 0 unspecified atom stereocenters. The third-order valence-corrected chi connectivity index (χ3v) is 3.71. The average molecular weight is 387 g/mol. The van der Waals surface area contributed by atoms with E-state index in [0.29, 0.717) is 11.4 Å². The van der Waals surface area contributed by atoms with Crippen molar-refractivity contribution in [3.8, 4) is 11.5 Å². The van der Waals surface area contributed by atoms with Gasteiger partial charge < -0.3 is 19.3 Å². The van der Waals surface area contributed by atoms with Gasteiger partial charge in [0.15, 0.2) is 6.61 Å². The summed E-state index contributed by atoms with van der Waals surface area (Å²) in [6, 6.07) is 12.6. The second-order valence-corrected chi connectivity index (χ2v) is 5.58. The zero-order valence-corrected chi connectivity index (χ0v) is 15.6. The molecule has 0 aliphatic carbocycles. The number of carbonyl (C=O) groups is 3. The quantitative estimate of drug-likeness (QED) is 0.693. The van der Waals surface area contributed by atoms with Gasteiger partial charge in [-0.2, -0.15) is 0 Å². The average Bonchev–Trinajstić information content (AvgIpc) is 2.70. The van der Waals surface area contributed by atoms with Crippen molar-refractivity contribution in [2.45, 2.75) is 6.92 Å². The van der Waals surface area contributed by atoms with Gasteiger partial charge in [-0.3, -0.25) is 14.5 Å². The molecule has 0 saturated carbocycles. The van der Waals surface area contributed by atoms with E-state index in [1.807, 2.05) is 0 Å². The molecule has 2 rings (SSSR count). The summed E-state index contributed by atoms with van der Waals surface area (Å²) in [6.07, 6.45) is 0. The number of hydrogen-bond acceptors (Lipinski definition) is 7. The number of carbonyl (C=O) groups excluding carboxylic acids is 3. The first-order valence-electron chi connectivity index (χ1n) is 8.51. The Morgan fingerprint density at radius 3 is 2.36 bits per heavy atom. The van der Waals surface area contributed by atoms with Gasteiger partial charge in [-0.25, -0.2) is 4.79 Å². The Morgan fingerprint density at radius 1 is 1.04 bits per heavy atom. The van der Waals surface area contributed by atoms with Crippen LogP contribution in [0.25, 0.3) is 0 Å². The lowest BCUT2D eigenvalue weighted by Gasteiger charge is -2.21. The summed E-state index contributed by atoms with van der Waals surface area (Å²) >= 11 is 0. The Morgan fingerprint density at radius 2 is 1.75 bits per heavy atom. The molecule has 0 atom stereocenters. The number of nitrogens with zero attached hydrogens (tertiary/aromatic N) is 1. The number of hydrogen-bond donors (Lipinski definition) is 1. The molecule has 0 aromatic heterocycles. The second-order valence-electron chi connectivity index (χ2n) is 5.58. The predicted octanol–water partition coefficient (Wildman–Crippen LogP) is 2.15. The normalized spacial score (nSPS) is 10.1. The van der Waals surface area contributed by atoms with E-state index in [1.165, 1.54) is 30.2 Å². The Kier molecular flexibility index (Phi) is 7.38. The zero-order valence-electron chi connectivity index (χ0n) is 15.6. The fourth-order valence-electron chi connectivity index (χ4n) is 2.36. The number of esters is 2. The molecule has 2 aromatic carbocycles. The van der Waals surface area contributed by atoms with Crippen LogP contribution >= 0.6 is 0 Å². The monoisotopic (exact) mass is 387 g/mol. The summed E-state index contributed by atoms with van der Waals surface area (Å²) in [5.41, 5.74) is 0.356. The van der Waals surface area contributed by atoms with E-state index in [2.05, 4.69) is 0 Å². The number of benzene rings is 2. The van der Waals surface area contributed by atoms with Crippen LogP contribution in [-0.4, -0.2) is 49.8 Å². The van der Waals surface area contributed by atoms with E-state index < -0.39 is 24.5 Å². The molecule has 8 heteroatoms. The molecule has 28 heavy (non-hydrogen) atoms. The summed E-state index contributed by atoms with van der Waals surface area (Å²) in [5.74, 6) is -2.03. The molecule has 0 radical (unpaired) electrons. The fraction of sp³-hybridized carbons (Fsp3) is 0.250. The van der Waals surface area contributed by atoms with Crippen molar-refractivity contribution in [2.24, 2.45) is 0 Å². The van der Waals surface area contributed by atoms with Crippen molar-refractivity contribution in [1.82, 2.24) is 0 Å². The lowest BCUT2D eigenvalue weighted by molar-refractivity contribution is -0.142. The molecule has 0 aliphatic heterocycles. The third-order valence-electron chi connectivity index (χ3n) is 3.71. The number of phenols is 1. The molecular formula is C20H21NO7. The van der Waals surface area contributed by atoms with Crippen LogP contribution in [0.15, 0.2) is 48.5 Å². The van der Waals surface area contributed by atoms with Gasteiger partial charge in [0.05, 0.1) is 13.7 Å². The van der Waals surface area contributed by atoms with E-state index in [4.69, 9.17) is 14.2 Å². The highest BCUT2D eigenvalue weighted by atomic mass is 16.5. The predicted molar refractivity (Wildman–Crippen MR) is 100 cm³/mol. The molecular weight excluding hydrogens is 366 g/mol. The molecule has 0 bridgehead atoms. The largest absolute Gasteiger partial charge is 0.507 e. The van der Waals surface area contributed by atoms with Crippen LogP contribution in [0.5, 0.6) is 11.5 Å². The lowest BCUT2D eigenvalue weighted by atomic mass is 10.2. The minimum Gasteiger partial charge on any atom is -0.507 e. The van der Waals surface area contributed by atoms with Crippen molar-refractivity contribution in [3.63, 3.8) is 0 Å². The topological polar surface area (TPSA) is 102 Å². The van der Waals surface area contributed by atoms with Crippen molar-refractivity contribution < 1.29 is 33.7 Å². The van der Waals surface area contributed by atoms with Crippen molar-refractivity contribution >= 4 is 23.5 Å². The number of phenolic OH excluding ortho intramolecular Hbond substituents is 1. The minimum atomic E-state index is -0.877. The van der Waals surface area contributed by atoms with Gasteiger partial charge in [0, 0.05) is 11.8 Å². The number of anilines is 1. The first kappa shape index (κ1) is 20.8. The maximum atomic E-state index is 12.6. The van der Waals surface area contributed by atoms with Crippen LogP contribution in [0.2, 0.25) is 0 Å². The van der Waals surface area contributed by atoms with Crippen molar-refractivity contribution in [3.05, 3.63) is 54.1 Å². The fourth-order valence-corrected chi connectivity index (χ4v) is 2.36. The van der Waals surface area contributed by atoms with E-state index in [0.717, 1.165) is 0 Å². The van der Waals surface area contributed by atoms with Gasteiger partial charge in [0.1, 0.15) is 23.6 Å². The van der Waals surface area contributed by atoms with Crippen LogP contribution in [0.3, 0.4) is 0 Å². The summed E-state index contributed by atoms with van der Waals surface area (Å²) in [4.78, 5) is 37.7. The smallest absolute Gasteiger partial charge is 0.342 e. The molecule has 0 fully saturated rings. The highest BCUT2D eigenvalue weighted by molar-refractivity contribution is 6.00. The van der Waals surface area contributed by atoms with Crippen LogP contribution in [0, 0.1) is 0 Å². The Hall–Kier alpha value is -3.55. The molecule has 0 spiro atoms. The molecule has 148 valence electrons. The molecule has 0 saturated heterocycles. The number of ether oxygens (including phenoxy) is 3. The van der Waals surface area contributed by atoms with Gasteiger partial charge in [-0.1, -0.05) is 18.2 Å². The Bertz CT molecular complexity index is 836. The number of amides is 1. The van der Waals surface area contributed by atoms with E-state index in [-0.39, 0.29) is 24.5 Å². The first-order valence-corrected chi connectivity index (χ1v) is 8.51. The maximum absolute atomic E-state index is 12.6. The van der Waals surface area contributed by atoms with Gasteiger partial charge in [-0.15, -0.1) is 0 Å². The highest BCUT2D eigenvalue weighted by Gasteiger charge is 2.22. The van der Waals surface area contributed by atoms with E-state index >= 15 is 0 Å². The third kappa shape index (κ3) is 5.47. The van der Waals surface area contributed by atoms with Crippen LogP contribution < -0.4 is 9.64 Å². The van der Waals surface area contributed by atoms with Crippen molar-refractivity contribution in [1.29, 1.82) is 0 Å². The van der Waals surface area contributed by atoms with Crippen molar-refractivity contribution in [2.75, 3.05) is 31.8 Å². The Labute approximate surface area is 162 Å². The van der Waals surface area contributed by atoms with Gasteiger partial charge >= 0.3 is 11.9 Å². The summed E-state index contributed by atoms with van der Waals surface area (Å²) < 4.78 is 14.8. The Balaban J connectivity index is 2.08. The van der Waals surface area contributed by atoms with Crippen LogP contribution in [0.1, 0.15) is 17.3 Å². The number of rotatable bonds is 8. The molecule has 1 N–H and O–H groups in total. The van der Waals surface area contributed by atoms with Gasteiger partial charge in [0.25, 0.3) is 5.91 Å². The molecule has 1 amide bonds. The summed E-state index contributed by atoms with van der Waals surface area (Å²) in [7, 11) is 1.42. The van der Waals surface area contributed by atoms with Gasteiger partial charge in [0.2, 0.25) is 0 Å². The molecule has 0 aliphatic rings. The van der Waals surface area contributed by atoms with Crippen LogP contribution in [0.4, 0.5) is 5.69 Å². The number of aromatic hydroxyl groups is 1. The molecule has 0 heterocycles. The van der Waals surface area contributed by atoms with Crippen LogP contribution in [-0.2, 0) is 19.1 Å². The highest BCUT2D eigenvalue weighted by Crippen LogP contribution is 2.24. The molecule has 8 nitrogen and oxygen atoms in total. The van der Waals surface area contributed by atoms with E-state index in [1.54, 1.807) is 37.3 Å². The molecule has 2 aromatic rings. The van der Waals surface area contributed by atoms with E-state index in [9.17, 15) is 19.5 Å². The first-order chi connectivity index (χ1) is 13.5. The summed E-state index contributed by atoms with van der Waals surface area (Å²) in [6.45, 7) is 0.914. The maximum Gasteiger partial charge on any atom is 0.342 e. The zero-order chi connectivity index (χ0) is 20.5. The number of methoxy groups -OCH3 is 1. The minimum absolute atomic E-state index is 0.106. The van der Waals surface area contributed by atoms with Gasteiger partial charge in [-0.05, 0) is 31.2 Å². The standard InChI is InChI=1S/C20H21NO7/c1-3-27-19(24)12-21(14-7-5-4-6-8-14)18(23)13-28-20(25)16-10-9-15(26-2)11-17(16)22/h4-11,22H,3,12-13H2,1-2H3. The lowest BCUT2D eigenvalue weighted by Crippen LogP contribution is -2.39. The summed E-state index contributed by atoms with van der Waals surface area (Å²) in [5, 5.41) is 9.89.